The van der Waals surface area contributed by atoms with E-state index in [1.54, 1.807) is 9.14 Å². The topological polar surface area (TPSA) is 0 Å². The maximum atomic E-state index is 2.47. The molecule has 17 heavy (non-hydrogen) atoms. The molecule has 0 heterocycles. The van der Waals surface area contributed by atoms with Crippen LogP contribution in [0.4, 0.5) is 0 Å². The monoisotopic (exact) mass is 405 g/mol. The fourth-order valence-electron chi connectivity index (χ4n) is 2.63. The van der Waals surface area contributed by atoms with Gasteiger partial charge in [-0.3, -0.25) is 0 Å². The van der Waals surface area contributed by atoms with E-state index in [2.05, 4.69) is 52.3 Å². The molecule has 0 amide bonds. The Bertz CT molecular complexity index is 546. The van der Waals surface area contributed by atoms with E-state index < -0.39 is 19.8 Å². The third kappa shape index (κ3) is 2.33. The predicted molar refractivity (Wildman–Crippen MR) is 71.8 cm³/mol. The van der Waals surface area contributed by atoms with Gasteiger partial charge in [0.15, 0.2) is 0 Å². The molecule has 0 fully saturated rings. The third-order valence-corrected chi connectivity index (χ3v) is 7.80. The average Bonchev–Trinajstić information content (AvgIpc) is 2.67. The van der Waals surface area contributed by atoms with Gasteiger partial charge in [0, 0.05) is 26.2 Å². The predicted octanol–water partition coefficient (Wildman–Crippen LogP) is 3.22. The normalized spacial score (nSPS) is 11.9. The van der Waals surface area contributed by atoms with Gasteiger partial charge in [-0.05, 0) is 0 Å². The molecule has 0 atom stereocenters. The van der Waals surface area contributed by atoms with Crippen LogP contribution in [0.1, 0.15) is 11.1 Å². The summed E-state index contributed by atoms with van der Waals surface area (Å²) >= 11 is -1.25. The van der Waals surface area contributed by atoms with E-state index in [1.807, 2.05) is 0 Å². The smallest absolute Gasteiger partial charge is 0 e. The van der Waals surface area contributed by atoms with Crippen molar-refractivity contribution in [2.24, 2.45) is 0 Å². The van der Waals surface area contributed by atoms with Crippen molar-refractivity contribution in [1.82, 2.24) is 0 Å². The van der Waals surface area contributed by atoms with Crippen LogP contribution in [-0.4, -0.2) is 19.8 Å². The molecule has 0 aliphatic heterocycles. The van der Waals surface area contributed by atoms with Gasteiger partial charge in [0.1, 0.15) is 0 Å². The summed E-state index contributed by atoms with van der Waals surface area (Å²) in [6, 6.07) is 15.7. The molecule has 0 aromatic heterocycles. The molecule has 0 nitrogen and oxygen atoms in total. The van der Waals surface area contributed by atoms with Gasteiger partial charge in [-0.2, -0.15) is 0 Å². The first-order chi connectivity index (χ1) is 7.77. The van der Waals surface area contributed by atoms with E-state index in [0.717, 1.165) is 6.42 Å². The molecule has 83 valence electrons. The van der Waals surface area contributed by atoms with Crippen molar-refractivity contribution in [3.05, 3.63) is 53.6 Å². The van der Waals surface area contributed by atoms with Crippen LogP contribution < -0.4 is 3.58 Å². The first kappa shape index (κ1) is 13.6. The van der Waals surface area contributed by atoms with Crippen molar-refractivity contribution in [1.29, 1.82) is 0 Å². The molecule has 1 aliphatic carbocycles. The molecule has 2 aromatic carbocycles. The van der Waals surface area contributed by atoms with Gasteiger partial charge in [-0.1, -0.05) is 0 Å². The molecule has 1 radical (unpaired) electrons. The molecular weight excluding hydrogens is 390 g/mol. The van der Waals surface area contributed by atoms with Crippen LogP contribution in [-0.2, 0) is 32.6 Å². The van der Waals surface area contributed by atoms with Crippen LogP contribution in [0.2, 0.25) is 9.88 Å². The number of hydrogen-bond donors (Lipinski definition) is 0. The SMILES string of the molecule is [CH3][Sn]([CH3])[c]1cccc2c1Cc1ccccc1-2.[Zr]. The molecule has 2 heteroatoms. The van der Waals surface area contributed by atoms with Crippen LogP contribution in [0.25, 0.3) is 11.1 Å². The Morgan fingerprint density at radius 2 is 1.59 bits per heavy atom. The van der Waals surface area contributed by atoms with Gasteiger partial charge >= 0.3 is 104 Å². The van der Waals surface area contributed by atoms with Crippen LogP contribution >= 0.6 is 0 Å². The van der Waals surface area contributed by atoms with Crippen molar-refractivity contribution in [3.8, 4) is 11.1 Å². The van der Waals surface area contributed by atoms with Gasteiger partial charge in [-0.25, -0.2) is 0 Å². The van der Waals surface area contributed by atoms with E-state index in [0.29, 0.717) is 0 Å². The molecule has 2 aromatic rings. The Hall–Kier alpha value is 0.122. The van der Waals surface area contributed by atoms with Crippen LogP contribution in [0.5, 0.6) is 0 Å². The minimum absolute atomic E-state index is 0. The van der Waals surface area contributed by atoms with Crippen molar-refractivity contribution in [2.75, 3.05) is 0 Å². The second kappa shape index (κ2) is 5.40. The summed E-state index contributed by atoms with van der Waals surface area (Å²) in [7, 11) is 0. The zero-order valence-electron chi connectivity index (χ0n) is 10.2. The first-order valence-corrected chi connectivity index (χ1v) is 12.9. The molecule has 1 aliphatic rings. The maximum Gasteiger partial charge on any atom is 0 e. The maximum absolute atomic E-state index is 2.47. The Balaban J connectivity index is 0.00000108. The van der Waals surface area contributed by atoms with E-state index >= 15 is 0 Å². The van der Waals surface area contributed by atoms with E-state index in [1.165, 1.54) is 16.7 Å². The number of rotatable bonds is 1. The number of benzene rings is 2. The van der Waals surface area contributed by atoms with Crippen LogP contribution in [0.3, 0.4) is 0 Å². The quantitative estimate of drug-likeness (QED) is 0.546. The van der Waals surface area contributed by atoms with Gasteiger partial charge in [0.25, 0.3) is 0 Å². The summed E-state index contributed by atoms with van der Waals surface area (Å²) in [6.07, 6.45) is 1.16. The standard InChI is InChI=1S/C13H9.2CH3.Sn.Zr/c1-3-7-12-10(5-1)9-11-6-2-4-8-13(11)12;;;;/h1-5,7-8H,9H2;2*1H3;;. The van der Waals surface area contributed by atoms with Crippen molar-refractivity contribution in [2.45, 2.75) is 16.3 Å². The van der Waals surface area contributed by atoms with E-state index in [-0.39, 0.29) is 26.2 Å². The second-order valence-electron chi connectivity index (χ2n) is 4.67. The Morgan fingerprint density at radius 3 is 2.35 bits per heavy atom. The molecule has 0 bridgehead atoms. The average molecular weight is 405 g/mol. The zero-order valence-corrected chi connectivity index (χ0v) is 15.6. The minimum Gasteiger partial charge on any atom is 0 e. The number of hydrogen-bond acceptors (Lipinski definition) is 0. The summed E-state index contributed by atoms with van der Waals surface area (Å²) < 4.78 is 1.70. The Kier molecular flexibility index (Phi) is 4.31. The van der Waals surface area contributed by atoms with Gasteiger partial charge in [0.2, 0.25) is 0 Å². The Morgan fingerprint density at radius 1 is 0.882 bits per heavy atom. The second-order valence-corrected chi connectivity index (χ2v) is 11.9. The summed E-state index contributed by atoms with van der Waals surface area (Å²) in [6.45, 7) is 0. The molecular formula is C15H15SnZr. The van der Waals surface area contributed by atoms with Gasteiger partial charge in [-0.15, -0.1) is 0 Å². The van der Waals surface area contributed by atoms with E-state index in [9.17, 15) is 0 Å². The molecule has 0 saturated carbocycles. The zero-order chi connectivity index (χ0) is 11.1. The molecule has 0 N–H and O–H groups in total. The third-order valence-electron chi connectivity index (χ3n) is 3.39. The van der Waals surface area contributed by atoms with Crippen LogP contribution in [0.15, 0.2) is 42.5 Å². The summed E-state index contributed by atoms with van der Waals surface area (Å²) in [5, 5.41) is 0. The first-order valence-electron chi connectivity index (χ1n) is 5.78. The molecule has 0 saturated heterocycles. The van der Waals surface area contributed by atoms with Crippen molar-refractivity contribution in [3.63, 3.8) is 0 Å². The summed E-state index contributed by atoms with van der Waals surface area (Å²) in [4.78, 5) is 4.95. The van der Waals surface area contributed by atoms with E-state index in [4.69, 9.17) is 0 Å². The molecule has 0 unspecified atom stereocenters. The summed E-state index contributed by atoms with van der Waals surface area (Å²) in [5.41, 5.74) is 6.09. The largest absolute Gasteiger partial charge is 0 e. The van der Waals surface area contributed by atoms with Gasteiger partial charge < -0.3 is 0 Å². The Labute approximate surface area is 129 Å². The number of fused-ring (bicyclic) bond motifs is 3. The van der Waals surface area contributed by atoms with Gasteiger partial charge in [0.05, 0.1) is 0 Å². The fourth-order valence-corrected chi connectivity index (χ4v) is 6.21. The van der Waals surface area contributed by atoms with Crippen molar-refractivity contribution < 1.29 is 26.2 Å². The van der Waals surface area contributed by atoms with Crippen molar-refractivity contribution >= 4 is 23.3 Å². The molecule has 0 spiro atoms. The fraction of sp³-hybridized carbons (Fsp3) is 0.200. The summed E-state index contributed by atoms with van der Waals surface area (Å²) in [5.74, 6) is 0. The molecule has 3 rings (SSSR count). The minimum atomic E-state index is -1.25. The van der Waals surface area contributed by atoms with Crippen LogP contribution in [0, 0.1) is 0 Å².